The molecule has 0 bridgehead atoms. The third-order valence-electron chi connectivity index (χ3n) is 5.22. The molecule has 9 nitrogen and oxygen atoms in total. The number of rotatable bonds is 4. The molecule has 0 spiro atoms. The van der Waals surface area contributed by atoms with Crippen molar-refractivity contribution in [2.75, 3.05) is 19.4 Å². The van der Waals surface area contributed by atoms with Gasteiger partial charge in [-0.15, -0.1) is 5.11 Å². The molecule has 0 unspecified atom stereocenters. The van der Waals surface area contributed by atoms with Crippen LogP contribution in [-0.4, -0.2) is 23.2 Å². The van der Waals surface area contributed by atoms with E-state index in [1.165, 1.54) is 0 Å². The minimum absolute atomic E-state index is 0. The van der Waals surface area contributed by atoms with Gasteiger partial charge in [-0.1, -0.05) is 113 Å². The molecule has 0 aliphatic carbocycles. The largest absolute Gasteiger partial charge is 0.421 e. The molecule has 0 saturated carbocycles. The summed E-state index contributed by atoms with van der Waals surface area (Å²) < 4.78 is 7.66. The number of aromatic nitrogens is 4. The fourth-order valence-electron chi connectivity index (χ4n) is 3.10. The van der Waals surface area contributed by atoms with Crippen molar-refractivity contribution in [3.8, 4) is 0 Å². The zero-order chi connectivity index (χ0) is 32.3. The maximum absolute atomic E-state index is 4.22. The van der Waals surface area contributed by atoms with Crippen molar-refractivity contribution in [3.63, 3.8) is 0 Å². The molecule has 3 aromatic carbocycles. The van der Waals surface area contributed by atoms with Crippen LogP contribution >= 0.6 is 0 Å². The van der Waals surface area contributed by atoms with E-state index in [9.17, 15) is 0 Å². The van der Waals surface area contributed by atoms with Gasteiger partial charge in [0.05, 0.1) is 60.0 Å². The summed E-state index contributed by atoms with van der Waals surface area (Å²) >= 11 is 0. The number of anilines is 1. The number of imidazole rings is 2. The van der Waals surface area contributed by atoms with Crippen LogP contribution in [0.2, 0.25) is 0 Å². The van der Waals surface area contributed by atoms with Crippen molar-refractivity contribution in [1.82, 2.24) is 9.13 Å². The molecule has 2 heterocycles. The molecule has 0 aliphatic rings. The smallest absolute Gasteiger partial charge is 0.388 e. The van der Waals surface area contributed by atoms with E-state index in [0.29, 0.717) is 0 Å². The molecule has 238 valence electrons. The zero-order valence-corrected chi connectivity index (χ0v) is 27.6. The van der Waals surface area contributed by atoms with Gasteiger partial charge in [0.1, 0.15) is 5.69 Å². The van der Waals surface area contributed by atoms with Crippen LogP contribution in [0.15, 0.2) is 142 Å². The van der Waals surface area contributed by atoms with E-state index in [0.717, 1.165) is 23.3 Å². The highest BCUT2D eigenvalue weighted by Gasteiger charge is 2.10. The molecule has 1 N–H and O–H groups in total. The van der Waals surface area contributed by atoms with E-state index < -0.39 is 0 Å². The molecule has 2 aromatic heterocycles. The predicted octanol–water partition coefficient (Wildman–Crippen LogP) is 8.93. The number of nitrogens with one attached hydrogen (secondary N) is 1. The minimum atomic E-state index is 0. The lowest BCUT2D eigenvalue weighted by Gasteiger charge is -1.97. The number of hydrogen-bond donors (Lipinski definition) is 1. The lowest BCUT2D eigenvalue weighted by Crippen LogP contribution is -2.25. The lowest BCUT2D eigenvalue weighted by molar-refractivity contribution is -0.657. The third kappa shape index (κ3) is 17.1. The van der Waals surface area contributed by atoms with Crippen LogP contribution in [-0.2, 0) is 28.2 Å². The Kier molecular flexibility index (Phi) is 25.2. The van der Waals surface area contributed by atoms with E-state index in [-0.39, 0.29) is 7.43 Å². The molecule has 0 saturated heterocycles. The quantitative estimate of drug-likeness (QED) is 0.162. The monoisotopic (exact) mass is 601 g/mol. The molecule has 5 rings (SSSR count). The molecular formula is C35H55N9+2. The Bertz CT molecular complexity index is 1250. The number of aryl methyl sites for hydroxylation is 4. The van der Waals surface area contributed by atoms with Crippen LogP contribution in [0, 0.1) is 0 Å². The average molecular weight is 602 g/mol. The summed E-state index contributed by atoms with van der Waals surface area (Å²) in [6.07, 6.45) is 7.75. The first kappa shape index (κ1) is 41.2. The third-order valence-corrected chi connectivity index (χ3v) is 5.22. The normalized spacial score (nSPS) is 9.23. The van der Waals surface area contributed by atoms with E-state index in [1.54, 1.807) is 7.05 Å². The van der Waals surface area contributed by atoms with Gasteiger partial charge in [0, 0.05) is 23.0 Å². The first-order valence-electron chi connectivity index (χ1n) is 14.5. The van der Waals surface area contributed by atoms with Gasteiger partial charge in [-0.05, 0) is 24.3 Å². The fourth-order valence-corrected chi connectivity index (χ4v) is 3.10. The van der Waals surface area contributed by atoms with Crippen LogP contribution in [0.1, 0.15) is 35.1 Å². The second-order valence-electron chi connectivity index (χ2n) is 8.25. The first-order chi connectivity index (χ1) is 21.0. The summed E-state index contributed by atoms with van der Waals surface area (Å²) in [4.78, 5) is 0. The molecular weight excluding hydrogens is 546 g/mol. The van der Waals surface area contributed by atoms with Gasteiger partial charge in [-0.2, -0.15) is 0 Å². The van der Waals surface area contributed by atoms with Gasteiger partial charge in [0.2, 0.25) is 0 Å². The Labute approximate surface area is 266 Å². The number of hydrogen-bond acceptors (Lipinski definition) is 5. The van der Waals surface area contributed by atoms with E-state index in [2.05, 4.69) is 25.8 Å². The summed E-state index contributed by atoms with van der Waals surface area (Å²) in [5, 5.41) is 19.1. The van der Waals surface area contributed by atoms with Crippen LogP contribution in [0.25, 0.3) is 0 Å². The second-order valence-corrected chi connectivity index (χ2v) is 8.25. The summed E-state index contributed by atoms with van der Waals surface area (Å²) in [5.74, 6) is 1.66. The van der Waals surface area contributed by atoms with Crippen molar-refractivity contribution >= 4 is 23.3 Å². The molecule has 0 aliphatic heterocycles. The van der Waals surface area contributed by atoms with Gasteiger partial charge in [0.15, 0.2) is 0 Å². The van der Waals surface area contributed by atoms with Crippen LogP contribution < -0.4 is 14.5 Å². The highest BCUT2D eigenvalue weighted by molar-refractivity contribution is 5.50. The highest BCUT2D eigenvalue weighted by atomic mass is 15.3. The standard InChI is InChI=1S/C12H15N5.C6H11N4.2C6H6.2C2H6.CH4/c1-13-10-4-6-11(7-5-10)14-15-12-16(2)8-9-17(12)3;1-7-8-6-9(2)4-5-10(6)3;2*1-2-4-6-5-3-1;2*1-2;/h4-9H,1-3H3;4-5H,1-3H3;2*1-6H;2*1-2H3;1H4/q;+1;;;;;/p+1. The molecule has 5 aromatic rings. The SMILES string of the molecule is C.CC.CC.CN=Nc1n(C)cc[n+]1C.CNc1ccc(N=Nc2n(C)cc[n+]2C)cc1.c1ccccc1.c1ccccc1. The minimum Gasteiger partial charge on any atom is -0.388 e. The summed E-state index contributed by atoms with van der Waals surface area (Å²) in [6, 6.07) is 31.8. The predicted molar refractivity (Wildman–Crippen MR) is 186 cm³/mol. The Balaban J connectivity index is 0. The molecule has 0 radical (unpaired) electrons. The second kappa shape index (κ2) is 26.9. The number of azo groups is 2. The van der Waals surface area contributed by atoms with Crippen LogP contribution in [0.4, 0.5) is 23.3 Å². The summed E-state index contributed by atoms with van der Waals surface area (Å²) in [6.45, 7) is 8.00. The van der Waals surface area contributed by atoms with E-state index >= 15 is 0 Å². The van der Waals surface area contributed by atoms with Crippen molar-refractivity contribution in [1.29, 1.82) is 0 Å². The van der Waals surface area contributed by atoms with Gasteiger partial charge >= 0.3 is 11.9 Å². The molecule has 44 heavy (non-hydrogen) atoms. The topological polar surface area (TPSA) is 79.1 Å². The van der Waals surface area contributed by atoms with Gasteiger partial charge in [-0.25, -0.2) is 18.3 Å². The lowest BCUT2D eigenvalue weighted by atomic mass is 10.3. The number of benzene rings is 3. The summed E-state index contributed by atoms with van der Waals surface area (Å²) in [7, 11) is 11.3. The highest BCUT2D eigenvalue weighted by Crippen LogP contribution is 2.18. The molecule has 0 atom stereocenters. The average Bonchev–Trinajstić information content (AvgIpc) is 3.59. The van der Waals surface area contributed by atoms with Crippen molar-refractivity contribution < 1.29 is 9.13 Å². The van der Waals surface area contributed by atoms with Crippen LogP contribution in [0.5, 0.6) is 0 Å². The van der Waals surface area contributed by atoms with Gasteiger partial charge in [-0.3, -0.25) is 0 Å². The zero-order valence-electron chi connectivity index (χ0n) is 27.6. The van der Waals surface area contributed by atoms with Crippen LogP contribution in [0.3, 0.4) is 0 Å². The Morgan fingerprint density at radius 1 is 0.568 bits per heavy atom. The van der Waals surface area contributed by atoms with E-state index in [1.807, 2.05) is 203 Å². The van der Waals surface area contributed by atoms with E-state index in [4.69, 9.17) is 0 Å². The maximum atomic E-state index is 4.22. The maximum Gasteiger partial charge on any atom is 0.421 e. The molecule has 9 heteroatoms. The van der Waals surface area contributed by atoms with Crippen molar-refractivity contribution in [2.45, 2.75) is 35.1 Å². The first-order valence-corrected chi connectivity index (χ1v) is 14.5. The van der Waals surface area contributed by atoms with Gasteiger partial charge < -0.3 is 5.32 Å². The Morgan fingerprint density at radius 2 is 0.909 bits per heavy atom. The Morgan fingerprint density at radius 3 is 1.18 bits per heavy atom. The molecule has 0 amide bonds. The summed E-state index contributed by atoms with van der Waals surface area (Å²) in [5.41, 5.74) is 1.90. The molecule has 0 fully saturated rings. The van der Waals surface area contributed by atoms with Gasteiger partial charge in [0.25, 0.3) is 0 Å². The fraction of sp³-hybridized carbons (Fsp3) is 0.314. The Hall–Kier alpha value is -4.92. The number of nitrogens with zero attached hydrogens (tertiary/aromatic N) is 8. The van der Waals surface area contributed by atoms with Crippen molar-refractivity contribution in [2.24, 2.45) is 48.6 Å². The van der Waals surface area contributed by atoms with Crippen molar-refractivity contribution in [3.05, 3.63) is 122 Å².